The van der Waals surface area contributed by atoms with Crippen LogP contribution in [0.1, 0.15) is 28.9 Å². The van der Waals surface area contributed by atoms with Crippen LogP contribution >= 0.6 is 0 Å². The number of nitrogens with one attached hydrogen (secondary N) is 1. The van der Waals surface area contributed by atoms with E-state index in [0.717, 1.165) is 29.4 Å². The average molecular weight is 377 g/mol. The maximum Gasteiger partial charge on any atom is 0.228 e. The van der Waals surface area contributed by atoms with Crippen LogP contribution in [-0.4, -0.2) is 47.0 Å². The predicted molar refractivity (Wildman–Crippen MR) is 106 cm³/mol. The van der Waals surface area contributed by atoms with Crippen molar-refractivity contribution in [2.75, 3.05) is 20.2 Å². The highest BCUT2D eigenvalue weighted by atomic mass is 16.5. The number of hydrogen-bond acceptors (Lipinski definition) is 4. The number of ketones is 1. The van der Waals surface area contributed by atoms with Gasteiger partial charge in [-0.2, -0.15) is 5.10 Å². The van der Waals surface area contributed by atoms with E-state index in [2.05, 4.69) is 10.2 Å². The molecule has 0 aliphatic carbocycles. The third kappa shape index (κ3) is 3.50. The molecule has 2 heterocycles. The van der Waals surface area contributed by atoms with Crippen molar-refractivity contribution in [2.24, 2.45) is 5.92 Å². The number of methoxy groups -OCH3 is 1. The number of carbonyl (C=O) groups is 2. The summed E-state index contributed by atoms with van der Waals surface area (Å²) in [4.78, 5) is 27.7. The largest absolute Gasteiger partial charge is 0.496 e. The topological polar surface area (TPSA) is 75.3 Å². The number of benzene rings is 2. The van der Waals surface area contributed by atoms with Crippen molar-refractivity contribution in [3.63, 3.8) is 0 Å². The molecule has 0 radical (unpaired) electrons. The lowest BCUT2D eigenvalue weighted by Gasteiger charge is -2.32. The molecule has 1 aliphatic heterocycles. The van der Waals surface area contributed by atoms with Gasteiger partial charge in [0.1, 0.15) is 5.75 Å². The van der Waals surface area contributed by atoms with E-state index in [-0.39, 0.29) is 24.0 Å². The molecule has 0 spiro atoms. The van der Waals surface area contributed by atoms with Gasteiger partial charge < -0.3 is 9.64 Å². The van der Waals surface area contributed by atoms with Crippen LogP contribution in [0.2, 0.25) is 0 Å². The minimum Gasteiger partial charge on any atom is -0.496 e. The molecule has 2 aromatic carbocycles. The number of Topliss-reactive ketones (excluding diaryl/α,β-unsaturated/α-hetero) is 1. The Labute approximate surface area is 163 Å². The lowest BCUT2D eigenvalue weighted by atomic mass is 9.89. The zero-order chi connectivity index (χ0) is 19.5. The molecule has 6 heteroatoms. The fraction of sp³-hybridized carbons (Fsp3) is 0.318. The molecule has 3 aromatic rings. The second kappa shape index (κ2) is 7.84. The summed E-state index contributed by atoms with van der Waals surface area (Å²) in [5.74, 6) is 0.446. The number of aromatic nitrogens is 2. The van der Waals surface area contributed by atoms with Crippen LogP contribution in [0.3, 0.4) is 0 Å². The Morgan fingerprint density at radius 3 is 2.82 bits per heavy atom. The van der Waals surface area contributed by atoms with Crippen LogP contribution < -0.4 is 4.74 Å². The van der Waals surface area contributed by atoms with Gasteiger partial charge in [0.15, 0.2) is 5.78 Å². The molecule has 1 unspecified atom stereocenters. The van der Waals surface area contributed by atoms with Gasteiger partial charge in [-0.15, -0.1) is 0 Å². The number of carbonyl (C=O) groups excluding carboxylic acids is 2. The molecule has 144 valence electrons. The molecule has 1 atom stereocenters. The van der Waals surface area contributed by atoms with Gasteiger partial charge in [-0.1, -0.05) is 30.3 Å². The van der Waals surface area contributed by atoms with E-state index in [1.165, 1.54) is 0 Å². The Hall–Kier alpha value is -3.15. The highest BCUT2D eigenvalue weighted by Gasteiger charge is 2.30. The highest BCUT2D eigenvalue weighted by molar-refractivity contribution is 6.00. The standard InChI is InChI=1S/C22H23N3O3/c1-28-20-11-5-3-9-17(20)22(27)15-7-6-12-25(14-15)21(26)13-19-16-8-2-4-10-18(16)23-24-19/h2-5,8-11,15H,6-7,12-14H2,1H3,(H,23,24). The molecule has 6 nitrogen and oxygen atoms in total. The Morgan fingerprint density at radius 2 is 1.96 bits per heavy atom. The molecule has 1 aliphatic rings. The third-order valence-electron chi connectivity index (χ3n) is 5.39. The molecule has 0 bridgehead atoms. The Morgan fingerprint density at radius 1 is 1.18 bits per heavy atom. The van der Waals surface area contributed by atoms with Crippen molar-refractivity contribution in [1.29, 1.82) is 0 Å². The highest BCUT2D eigenvalue weighted by Crippen LogP contribution is 2.26. The van der Waals surface area contributed by atoms with E-state index in [0.29, 0.717) is 24.4 Å². The number of fused-ring (bicyclic) bond motifs is 1. The summed E-state index contributed by atoms with van der Waals surface area (Å²) >= 11 is 0. The first kappa shape index (κ1) is 18.2. The maximum atomic E-state index is 13.0. The number of rotatable bonds is 5. The lowest BCUT2D eigenvalue weighted by Crippen LogP contribution is -2.43. The summed E-state index contributed by atoms with van der Waals surface area (Å²) < 4.78 is 5.33. The number of likely N-dealkylation sites (tertiary alicyclic amines) is 1. The monoisotopic (exact) mass is 377 g/mol. The SMILES string of the molecule is COc1ccccc1C(=O)C1CCCN(C(=O)Cc2[nH]nc3ccccc23)C1. The number of aromatic amines is 1. The molecule has 28 heavy (non-hydrogen) atoms. The minimum absolute atomic E-state index is 0.0203. The van der Waals surface area contributed by atoms with Crippen molar-refractivity contribution in [2.45, 2.75) is 19.3 Å². The summed E-state index contributed by atoms with van der Waals surface area (Å²) in [5.41, 5.74) is 2.26. The predicted octanol–water partition coefficient (Wildman–Crippen LogP) is 3.24. The number of hydrogen-bond donors (Lipinski definition) is 1. The van der Waals surface area contributed by atoms with Gasteiger partial charge in [-0.05, 0) is 31.0 Å². The first-order chi connectivity index (χ1) is 13.7. The van der Waals surface area contributed by atoms with E-state index >= 15 is 0 Å². The van der Waals surface area contributed by atoms with Crippen LogP contribution in [0.15, 0.2) is 48.5 Å². The number of ether oxygens (including phenoxy) is 1. The van der Waals surface area contributed by atoms with Crippen molar-refractivity contribution in [3.05, 3.63) is 59.8 Å². The van der Waals surface area contributed by atoms with Gasteiger partial charge in [0.25, 0.3) is 0 Å². The van der Waals surface area contributed by atoms with Gasteiger partial charge in [0, 0.05) is 24.4 Å². The quantitative estimate of drug-likeness (QED) is 0.693. The number of para-hydroxylation sites is 2. The molecule has 1 amide bonds. The minimum atomic E-state index is -0.201. The second-order valence-corrected chi connectivity index (χ2v) is 7.14. The first-order valence-electron chi connectivity index (χ1n) is 9.54. The molecule has 1 N–H and O–H groups in total. The zero-order valence-corrected chi connectivity index (χ0v) is 15.9. The summed E-state index contributed by atoms with van der Waals surface area (Å²) in [5, 5.41) is 8.20. The fourth-order valence-electron chi connectivity index (χ4n) is 3.90. The fourth-order valence-corrected chi connectivity index (χ4v) is 3.90. The zero-order valence-electron chi connectivity index (χ0n) is 15.9. The van der Waals surface area contributed by atoms with Gasteiger partial charge in [0.2, 0.25) is 5.91 Å². The number of piperidine rings is 1. The van der Waals surface area contributed by atoms with Crippen molar-refractivity contribution in [1.82, 2.24) is 15.1 Å². The van der Waals surface area contributed by atoms with Crippen molar-refractivity contribution >= 4 is 22.6 Å². The van der Waals surface area contributed by atoms with Gasteiger partial charge >= 0.3 is 0 Å². The lowest BCUT2D eigenvalue weighted by molar-refractivity contribution is -0.131. The molecule has 0 saturated carbocycles. The summed E-state index contributed by atoms with van der Waals surface area (Å²) in [7, 11) is 1.57. The van der Waals surface area contributed by atoms with Crippen LogP contribution in [0.5, 0.6) is 5.75 Å². The van der Waals surface area contributed by atoms with E-state index in [1.54, 1.807) is 24.1 Å². The van der Waals surface area contributed by atoms with E-state index in [1.807, 2.05) is 36.4 Å². The number of H-pyrrole nitrogens is 1. The smallest absolute Gasteiger partial charge is 0.228 e. The summed E-state index contributed by atoms with van der Waals surface area (Å²) in [6, 6.07) is 15.0. The van der Waals surface area contributed by atoms with Gasteiger partial charge in [0.05, 0.1) is 30.3 Å². The molecule has 1 fully saturated rings. The van der Waals surface area contributed by atoms with Gasteiger partial charge in [-0.3, -0.25) is 14.7 Å². The van der Waals surface area contributed by atoms with E-state index in [9.17, 15) is 9.59 Å². The first-order valence-corrected chi connectivity index (χ1v) is 9.54. The van der Waals surface area contributed by atoms with Crippen molar-refractivity contribution in [3.8, 4) is 5.75 Å². The average Bonchev–Trinajstić information content (AvgIpc) is 3.16. The van der Waals surface area contributed by atoms with Crippen LogP contribution in [0.4, 0.5) is 0 Å². The summed E-state index contributed by atoms with van der Waals surface area (Å²) in [6.45, 7) is 1.13. The van der Waals surface area contributed by atoms with E-state index in [4.69, 9.17) is 4.74 Å². The molecular weight excluding hydrogens is 354 g/mol. The van der Waals surface area contributed by atoms with Crippen LogP contribution in [-0.2, 0) is 11.2 Å². The van der Waals surface area contributed by atoms with Crippen LogP contribution in [0, 0.1) is 5.92 Å². The maximum absolute atomic E-state index is 13.0. The normalized spacial score (nSPS) is 16.9. The Kier molecular flexibility index (Phi) is 5.10. The second-order valence-electron chi connectivity index (χ2n) is 7.14. The molecule has 4 rings (SSSR count). The van der Waals surface area contributed by atoms with Crippen LogP contribution in [0.25, 0.3) is 10.9 Å². The van der Waals surface area contributed by atoms with Gasteiger partial charge in [-0.25, -0.2) is 0 Å². The molecule has 1 saturated heterocycles. The molecule has 1 aromatic heterocycles. The van der Waals surface area contributed by atoms with E-state index < -0.39 is 0 Å². The number of nitrogens with zero attached hydrogens (tertiary/aromatic N) is 2. The Balaban J connectivity index is 1.47. The third-order valence-corrected chi connectivity index (χ3v) is 5.39. The van der Waals surface area contributed by atoms with Crippen molar-refractivity contribution < 1.29 is 14.3 Å². The Bertz CT molecular complexity index is 1010. The number of amides is 1. The molecular formula is C22H23N3O3. The summed E-state index contributed by atoms with van der Waals surface area (Å²) in [6.07, 6.45) is 1.87.